The van der Waals surface area contributed by atoms with E-state index < -0.39 is 0 Å². The van der Waals surface area contributed by atoms with Gasteiger partial charge < -0.3 is 24.1 Å². The van der Waals surface area contributed by atoms with Gasteiger partial charge in [-0.1, -0.05) is 16.7 Å². The first kappa shape index (κ1) is 24.8. The summed E-state index contributed by atoms with van der Waals surface area (Å²) in [6.07, 6.45) is 1.62. The van der Waals surface area contributed by atoms with Crippen LogP contribution in [0.5, 0.6) is 0 Å². The van der Waals surface area contributed by atoms with Crippen LogP contribution < -0.4 is 5.32 Å². The van der Waals surface area contributed by atoms with Gasteiger partial charge in [-0.05, 0) is 63.8 Å². The molecule has 1 unspecified atom stereocenters. The van der Waals surface area contributed by atoms with Crippen molar-refractivity contribution in [3.63, 3.8) is 0 Å². The molecular formula is C24H34ClN5O4. The zero-order valence-electron chi connectivity index (χ0n) is 20.3. The largest absolute Gasteiger partial charge is 0.447 e. The van der Waals surface area contributed by atoms with E-state index in [4.69, 9.17) is 25.5 Å². The number of rotatable bonds is 6. The minimum absolute atomic E-state index is 0.0673. The predicted octanol–water partition coefficient (Wildman–Crippen LogP) is 4.72. The third-order valence-corrected chi connectivity index (χ3v) is 6.57. The Labute approximate surface area is 205 Å². The molecule has 0 aliphatic carbocycles. The van der Waals surface area contributed by atoms with Gasteiger partial charge in [0.15, 0.2) is 0 Å². The van der Waals surface area contributed by atoms with Crippen LogP contribution in [-0.2, 0) is 16.0 Å². The second-order valence-corrected chi connectivity index (χ2v) is 9.87. The minimum atomic E-state index is -0.244. The molecule has 2 fully saturated rings. The quantitative estimate of drug-likeness (QED) is 0.620. The van der Waals surface area contributed by atoms with Crippen molar-refractivity contribution in [2.45, 2.75) is 65.1 Å². The molecule has 2 aliphatic heterocycles. The number of hydrogen-bond donors (Lipinski definition) is 1. The van der Waals surface area contributed by atoms with Crippen molar-refractivity contribution >= 4 is 29.4 Å². The van der Waals surface area contributed by atoms with E-state index in [1.807, 2.05) is 26.0 Å². The van der Waals surface area contributed by atoms with Gasteiger partial charge in [-0.2, -0.15) is 0 Å². The highest BCUT2D eigenvalue weighted by Gasteiger charge is 2.29. The molecular weight excluding hydrogens is 458 g/mol. The van der Waals surface area contributed by atoms with E-state index in [9.17, 15) is 4.79 Å². The van der Waals surface area contributed by atoms with Crippen molar-refractivity contribution < 1.29 is 18.7 Å². The molecule has 34 heavy (non-hydrogen) atoms. The lowest BCUT2D eigenvalue weighted by molar-refractivity contribution is 0.0349. The summed E-state index contributed by atoms with van der Waals surface area (Å²) in [6.45, 7) is 12.1. The second-order valence-electron chi connectivity index (χ2n) is 9.43. The molecule has 4 rings (SSSR count). The second kappa shape index (κ2) is 10.9. The summed E-state index contributed by atoms with van der Waals surface area (Å²) in [5.41, 5.74) is 3.02. The smallest absolute Gasteiger partial charge is 0.410 e. The van der Waals surface area contributed by atoms with E-state index in [0.717, 1.165) is 55.9 Å². The summed E-state index contributed by atoms with van der Waals surface area (Å²) in [5, 5.41) is 12.3. The van der Waals surface area contributed by atoms with Gasteiger partial charge in [0.1, 0.15) is 0 Å². The van der Waals surface area contributed by atoms with E-state index >= 15 is 0 Å². The van der Waals surface area contributed by atoms with E-state index in [1.54, 1.807) is 4.90 Å². The van der Waals surface area contributed by atoms with Crippen molar-refractivity contribution in [3.8, 4) is 0 Å². The standard InChI is InChI=1S/C24H34ClN5O4/c1-15(2)33-24(31)30-8-7-29(12-16(30)3)13-19-10-20(25)11-21(17(19)4)26-23-28-27-22(34-23)18-6-5-9-32-14-18/h10-11,15-16,18H,5-9,12-14H2,1-4H3,(H,26,28)/t16-,18?/m0/s1. The van der Waals surface area contributed by atoms with Crippen molar-refractivity contribution in [3.05, 3.63) is 34.2 Å². The van der Waals surface area contributed by atoms with E-state index in [0.29, 0.717) is 30.1 Å². The van der Waals surface area contributed by atoms with E-state index in [1.165, 1.54) is 0 Å². The number of carbonyl (C=O) groups excluding carboxylic acids is 1. The predicted molar refractivity (Wildman–Crippen MR) is 130 cm³/mol. The Morgan fingerprint density at radius 3 is 2.85 bits per heavy atom. The molecule has 10 heteroatoms. The maximum atomic E-state index is 12.3. The summed E-state index contributed by atoms with van der Waals surface area (Å²) in [5.74, 6) is 0.747. The monoisotopic (exact) mass is 491 g/mol. The van der Waals surface area contributed by atoms with E-state index in [-0.39, 0.29) is 24.2 Å². The molecule has 1 aromatic carbocycles. The number of halogens is 1. The van der Waals surface area contributed by atoms with Crippen molar-refractivity contribution in [1.29, 1.82) is 0 Å². The first-order chi connectivity index (χ1) is 16.3. The molecule has 0 radical (unpaired) electrons. The van der Waals surface area contributed by atoms with Crippen LogP contribution in [0.4, 0.5) is 16.5 Å². The highest BCUT2D eigenvalue weighted by molar-refractivity contribution is 6.31. The Morgan fingerprint density at radius 2 is 2.15 bits per heavy atom. The highest BCUT2D eigenvalue weighted by Crippen LogP contribution is 2.30. The summed E-state index contributed by atoms with van der Waals surface area (Å²) in [7, 11) is 0. The van der Waals surface area contributed by atoms with Crippen molar-refractivity contribution in [1.82, 2.24) is 20.0 Å². The average molecular weight is 492 g/mol. The van der Waals surface area contributed by atoms with Crippen LogP contribution in [0.2, 0.25) is 5.02 Å². The maximum absolute atomic E-state index is 12.3. The van der Waals surface area contributed by atoms with Gasteiger partial charge in [0, 0.05) is 49.5 Å². The number of aromatic nitrogens is 2. The molecule has 0 spiro atoms. The molecule has 1 aromatic heterocycles. The summed E-state index contributed by atoms with van der Waals surface area (Å²) < 4.78 is 16.8. The Bertz CT molecular complexity index is 992. The number of piperazine rings is 1. The topological polar surface area (TPSA) is 93.0 Å². The lowest BCUT2D eigenvalue weighted by atomic mass is 10.0. The molecule has 2 saturated heterocycles. The van der Waals surface area contributed by atoms with Gasteiger partial charge in [-0.25, -0.2) is 4.79 Å². The van der Waals surface area contributed by atoms with Crippen LogP contribution >= 0.6 is 11.6 Å². The molecule has 0 bridgehead atoms. The fourth-order valence-electron chi connectivity index (χ4n) is 4.49. The lowest BCUT2D eigenvalue weighted by Gasteiger charge is -2.39. The van der Waals surface area contributed by atoms with Crippen LogP contribution in [0.3, 0.4) is 0 Å². The third-order valence-electron chi connectivity index (χ3n) is 6.35. The van der Waals surface area contributed by atoms with Gasteiger partial charge in [0.25, 0.3) is 0 Å². The number of anilines is 2. The van der Waals surface area contributed by atoms with Gasteiger partial charge in [0.2, 0.25) is 5.89 Å². The number of nitrogens with zero attached hydrogens (tertiary/aromatic N) is 4. The number of carbonyl (C=O) groups is 1. The Kier molecular flexibility index (Phi) is 7.95. The fraction of sp³-hybridized carbons (Fsp3) is 0.625. The lowest BCUT2D eigenvalue weighted by Crippen LogP contribution is -2.54. The molecule has 3 heterocycles. The third kappa shape index (κ3) is 6.00. The Morgan fingerprint density at radius 1 is 1.32 bits per heavy atom. The van der Waals surface area contributed by atoms with Crippen LogP contribution in [0, 0.1) is 6.92 Å². The number of nitrogens with one attached hydrogen (secondary N) is 1. The van der Waals surface area contributed by atoms with Crippen molar-refractivity contribution in [2.24, 2.45) is 0 Å². The molecule has 2 atom stereocenters. The first-order valence-corrected chi connectivity index (χ1v) is 12.3. The van der Waals surface area contributed by atoms with Gasteiger partial charge in [-0.3, -0.25) is 4.90 Å². The summed E-state index contributed by atoms with van der Waals surface area (Å²) >= 11 is 6.46. The zero-order chi connectivity index (χ0) is 24.2. The van der Waals surface area contributed by atoms with Crippen LogP contribution in [0.1, 0.15) is 56.5 Å². The highest BCUT2D eigenvalue weighted by atomic mass is 35.5. The van der Waals surface area contributed by atoms with Crippen LogP contribution in [0.25, 0.3) is 0 Å². The fourth-order valence-corrected chi connectivity index (χ4v) is 4.73. The van der Waals surface area contributed by atoms with Gasteiger partial charge in [-0.15, -0.1) is 5.10 Å². The average Bonchev–Trinajstić information content (AvgIpc) is 3.25. The maximum Gasteiger partial charge on any atom is 0.410 e. The van der Waals surface area contributed by atoms with Crippen LogP contribution in [0.15, 0.2) is 16.5 Å². The molecule has 9 nitrogen and oxygen atoms in total. The summed E-state index contributed by atoms with van der Waals surface area (Å²) in [4.78, 5) is 16.5. The molecule has 1 amide bonds. The van der Waals surface area contributed by atoms with Crippen LogP contribution in [-0.4, -0.2) is 71.1 Å². The Balaban J connectivity index is 1.41. The number of benzene rings is 1. The molecule has 1 N–H and O–H groups in total. The molecule has 0 saturated carbocycles. The zero-order valence-corrected chi connectivity index (χ0v) is 21.1. The molecule has 186 valence electrons. The molecule has 2 aromatic rings. The normalized spacial score (nSPS) is 21.6. The number of amides is 1. The SMILES string of the molecule is Cc1c(CN2CCN(C(=O)OC(C)C)[C@@H](C)C2)cc(Cl)cc1Nc1nnc(C2CCCOC2)o1. The first-order valence-electron chi connectivity index (χ1n) is 12.0. The summed E-state index contributed by atoms with van der Waals surface area (Å²) in [6, 6.07) is 4.28. The Hall–Kier alpha value is -2.36. The van der Waals surface area contributed by atoms with Crippen molar-refractivity contribution in [2.75, 3.05) is 38.2 Å². The number of ether oxygens (including phenoxy) is 2. The minimum Gasteiger partial charge on any atom is -0.447 e. The van der Waals surface area contributed by atoms with Gasteiger partial charge in [0.05, 0.1) is 18.6 Å². The van der Waals surface area contributed by atoms with Gasteiger partial charge >= 0.3 is 12.1 Å². The molecule has 2 aliphatic rings. The van der Waals surface area contributed by atoms with E-state index in [2.05, 4.69) is 34.3 Å². The number of hydrogen-bond acceptors (Lipinski definition) is 8.